The van der Waals surface area contributed by atoms with Crippen molar-refractivity contribution < 1.29 is 22.7 Å². The number of rotatable bonds is 5. The number of halogens is 3. The molecule has 7 nitrogen and oxygen atoms in total. The molecule has 1 saturated carbocycles. The number of carbonyl (C=O) groups is 1. The van der Waals surface area contributed by atoms with Gasteiger partial charge in [-0.1, -0.05) is 12.2 Å². The van der Waals surface area contributed by atoms with Gasteiger partial charge in [-0.2, -0.15) is 18.2 Å². The second-order valence-corrected chi connectivity index (χ2v) is 9.16. The van der Waals surface area contributed by atoms with Gasteiger partial charge in [0, 0.05) is 18.7 Å². The predicted octanol–water partition coefficient (Wildman–Crippen LogP) is 4.73. The molecular formula is C25H24F3N5O2. The Morgan fingerprint density at radius 3 is 2.54 bits per heavy atom. The summed E-state index contributed by atoms with van der Waals surface area (Å²) < 4.78 is 48.8. The Hall–Kier alpha value is -3.69. The molecule has 1 amide bonds. The molecule has 0 atom stereocenters. The van der Waals surface area contributed by atoms with Crippen LogP contribution in [0.3, 0.4) is 0 Å². The zero-order valence-electron chi connectivity index (χ0n) is 19.6. The van der Waals surface area contributed by atoms with Crippen molar-refractivity contribution in [3.8, 4) is 5.88 Å². The number of amides is 1. The zero-order chi connectivity index (χ0) is 25.1. The highest BCUT2D eigenvalue weighted by molar-refractivity contribution is 6.10. The molecule has 10 heteroatoms. The molecule has 2 aromatic heterocycles. The molecule has 1 aliphatic heterocycles. The van der Waals surface area contributed by atoms with Crippen LogP contribution in [0, 0.1) is 6.92 Å². The summed E-state index contributed by atoms with van der Waals surface area (Å²) in [6, 6.07) is 6.12. The Labute approximate surface area is 200 Å². The van der Waals surface area contributed by atoms with Crippen LogP contribution in [-0.4, -0.2) is 32.3 Å². The highest BCUT2D eigenvalue weighted by Crippen LogP contribution is 2.52. The fourth-order valence-electron chi connectivity index (χ4n) is 5.13. The molecule has 0 unspecified atom stereocenters. The van der Waals surface area contributed by atoms with Gasteiger partial charge in [0.1, 0.15) is 18.0 Å². The van der Waals surface area contributed by atoms with E-state index in [9.17, 15) is 18.0 Å². The second-order valence-electron chi connectivity index (χ2n) is 9.16. The number of ether oxygens (including phenoxy) is 1. The molecule has 5 rings (SSSR count). The Morgan fingerprint density at radius 2 is 1.94 bits per heavy atom. The summed E-state index contributed by atoms with van der Waals surface area (Å²) in [5.41, 5.74) is 0.869. The third kappa shape index (κ3) is 3.67. The van der Waals surface area contributed by atoms with Crippen molar-refractivity contribution in [1.29, 1.82) is 0 Å². The van der Waals surface area contributed by atoms with Crippen LogP contribution in [0.1, 0.15) is 58.2 Å². The fourth-order valence-corrected chi connectivity index (χ4v) is 5.13. The van der Waals surface area contributed by atoms with E-state index < -0.39 is 23.1 Å². The fraction of sp³-hybridized carbons (Fsp3) is 0.360. The van der Waals surface area contributed by atoms with Crippen molar-refractivity contribution in [3.63, 3.8) is 0 Å². The van der Waals surface area contributed by atoms with E-state index >= 15 is 0 Å². The highest BCUT2D eigenvalue weighted by Gasteiger charge is 2.47. The van der Waals surface area contributed by atoms with Gasteiger partial charge in [-0.25, -0.2) is 0 Å². The number of anilines is 1. The van der Waals surface area contributed by atoms with Crippen LogP contribution >= 0.6 is 0 Å². The summed E-state index contributed by atoms with van der Waals surface area (Å²) in [6.07, 6.45) is -1.70. The molecule has 1 aromatic carbocycles. The highest BCUT2D eigenvalue weighted by atomic mass is 19.4. The number of nitrogens with zero attached hydrogens (tertiary/aromatic N) is 5. The summed E-state index contributed by atoms with van der Waals surface area (Å²) >= 11 is 0. The Kier molecular flexibility index (Phi) is 5.23. The molecule has 35 heavy (non-hydrogen) atoms. The lowest BCUT2D eigenvalue weighted by molar-refractivity contribution is -0.138. The van der Waals surface area contributed by atoms with Gasteiger partial charge in [0.05, 0.1) is 24.1 Å². The van der Waals surface area contributed by atoms with Crippen molar-refractivity contribution in [2.45, 2.75) is 44.8 Å². The number of carbonyl (C=O) groups excluding carboxylic acids is 1. The third-order valence-electron chi connectivity index (χ3n) is 6.64. The molecular weight excluding hydrogens is 459 g/mol. The first-order valence-electron chi connectivity index (χ1n) is 11.2. The Balaban J connectivity index is 1.63. The molecule has 3 heterocycles. The topological polar surface area (TPSA) is 73.1 Å². The summed E-state index contributed by atoms with van der Waals surface area (Å²) in [5.74, 6) is 0.731. The van der Waals surface area contributed by atoms with E-state index in [1.54, 1.807) is 25.4 Å². The van der Waals surface area contributed by atoms with Gasteiger partial charge in [-0.15, -0.1) is 10.2 Å². The Bertz CT molecular complexity index is 1350. The van der Waals surface area contributed by atoms with Gasteiger partial charge in [-0.05, 0) is 61.6 Å². The first kappa shape index (κ1) is 23.1. The van der Waals surface area contributed by atoms with Gasteiger partial charge in [0.25, 0.3) is 5.91 Å². The monoisotopic (exact) mass is 483 g/mol. The zero-order valence-corrected chi connectivity index (χ0v) is 19.6. The average Bonchev–Trinajstić information content (AvgIpc) is 3.33. The van der Waals surface area contributed by atoms with Gasteiger partial charge in [0.15, 0.2) is 0 Å². The van der Waals surface area contributed by atoms with E-state index in [0.717, 1.165) is 23.0 Å². The number of benzene rings is 1. The lowest BCUT2D eigenvalue weighted by atomic mass is 9.61. The maximum Gasteiger partial charge on any atom is 0.416 e. The van der Waals surface area contributed by atoms with Crippen LogP contribution in [0.25, 0.3) is 0 Å². The number of pyridine rings is 1. The number of aromatic nitrogens is 4. The number of hydrogen-bond acceptors (Lipinski definition) is 5. The minimum absolute atomic E-state index is 0.0432. The molecule has 182 valence electrons. The average molecular weight is 483 g/mol. The third-order valence-corrected chi connectivity index (χ3v) is 6.64. The van der Waals surface area contributed by atoms with Crippen LogP contribution in [0.4, 0.5) is 19.0 Å². The van der Waals surface area contributed by atoms with E-state index in [1.807, 2.05) is 18.5 Å². The Morgan fingerprint density at radius 1 is 1.20 bits per heavy atom. The first-order chi connectivity index (χ1) is 16.5. The maximum absolute atomic E-state index is 13.8. The van der Waals surface area contributed by atoms with Crippen LogP contribution < -0.4 is 9.64 Å². The number of allylic oxidation sites excluding steroid dienone is 1. The minimum atomic E-state index is -4.57. The van der Waals surface area contributed by atoms with Crippen LogP contribution in [0.2, 0.25) is 0 Å². The minimum Gasteiger partial charge on any atom is -0.478 e. The molecule has 1 fully saturated rings. The first-order valence-corrected chi connectivity index (χ1v) is 11.2. The standard InChI is InChI=1S/C25H24F3N5O2/c1-5-35-21-9-16(24(10-15(3)11-24)23-31-29-13-32(23)4)8-20(30-21)33-12-18-17(22(33)34)6-14(2)7-19(18)25(26,27)28/h6-9,13H,3,5,10-12H2,1-2,4H3. The van der Waals surface area contributed by atoms with E-state index in [2.05, 4.69) is 21.8 Å². The van der Waals surface area contributed by atoms with Gasteiger partial charge < -0.3 is 9.30 Å². The van der Waals surface area contributed by atoms with Gasteiger partial charge in [-0.3, -0.25) is 9.69 Å². The molecule has 0 saturated heterocycles. The van der Waals surface area contributed by atoms with Gasteiger partial charge in [0.2, 0.25) is 5.88 Å². The summed E-state index contributed by atoms with van der Waals surface area (Å²) in [6.45, 7) is 7.55. The molecule has 0 bridgehead atoms. The molecule has 3 aromatic rings. The summed E-state index contributed by atoms with van der Waals surface area (Å²) in [7, 11) is 1.85. The van der Waals surface area contributed by atoms with E-state index in [1.165, 1.54) is 11.0 Å². The van der Waals surface area contributed by atoms with Crippen molar-refractivity contribution in [3.05, 3.63) is 76.4 Å². The predicted molar refractivity (Wildman–Crippen MR) is 122 cm³/mol. The van der Waals surface area contributed by atoms with E-state index in [4.69, 9.17) is 4.74 Å². The van der Waals surface area contributed by atoms with Crippen LogP contribution in [-0.2, 0) is 25.2 Å². The maximum atomic E-state index is 13.8. The van der Waals surface area contributed by atoms with E-state index in [-0.39, 0.29) is 29.4 Å². The number of fused-ring (bicyclic) bond motifs is 1. The van der Waals surface area contributed by atoms with Gasteiger partial charge >= 0.3 is 6.18 Å². The van der Waals surface area contributed by atoms with Crippen molar-refractivity contribution in [2.24, 2.45) is 7.05 Å². The van der Waals surface area contributed by atoms with E-state index in [0.29, 0.717) is 25.0 Å². The number of hydrogen-bond donors (Lipinski definition) is 0. The number of aryl methyl sites for hydroxylation is 2. The lowest BCUT2D eigenvalue weighted by Gasteiger charge is -2.43. The molecule has 1 aliphatic carbocycles. The van der Waals surface area contributed by atoms with Crippen molar-refractivity contribution in [1.82, 2.24) is 19.7 Å². The number of alkyl halides is 3. The SMILES string of the molecule is C=C1CC(c2cc(OCC)nc(N3Cc4c(cc(C)cc4C(F)(F)F)C3=O)c2)(c2nncn2C)C1. The smallest absolute Gasteiger partial charge is 0.416 e. The summed E-state index contributed by atoms with van der Waals surface area (Å²) in [5, 5.41) is 8.35. The second kappa shape index (κ2) is 7.93. The van der Waals surface area contributed by atoms with Crippen molar-refractivity contribution >= 4 is 11.7 Å². The normalized spacial score (nSPS) is 16.9. The lowest BCUT2D eigenvalue weighted by Crippen LogP contribution is -2.40. The van der Waals surface area contributed by atoms with Crippen LogP contribution in [0.15, 0.2) is 42.7 Å². The molecule has 0 spiro atoms. The summed E-state index contributed by atoms with van der Waals surface area (Å²) in [4.78, 5) is 19.1. The largest absolute Gasteiger partial charge is 0.478 e. The molecule has 2 aliphatic rings. The molecule has 0 N–H and O–H groups in total. The van der Waals surface area contributed by atoms with Crippen molar-refractivity contribution in [2.75, 3.05) is 11.5 Å². The quantitative estimate of drug-likeness (QED) is 0.491. The molecule has 0 radical (unpaired) electrons. The van der Waals surface area contributed by atoms with Crippen LogP contribution in [0.5, 0.6) is 5.88 Å².